The van der Waals surface area contributed by atoms with Gasteiger partial charge in [0.15, 0.2) is 0 Å². The topological polar surface area (TPSA) is 36.0 Å². The molecule has 2 aliphatic rings. The monoisotopic (exact) mass is 407 g/mol. The van der Waals surface area contributed by atoms with Gasteiger partial charge in [-0.05, 0) is 54.6 Å². The molecule has 0 spiro atoms. The first-order valence-electron chi connectivity index (χ1n) is 11.3. The fourth-order valence-corrected chi connectivity index (χ4v) is 4.46. The number of hydrogen-bond acceptors (Lipinski definition) is 4. The largest absolute Gasteiger partial charge is 0.445 e. The van der Waals surface area contributed by atoms with E-state index in [1.165, 1.54) is 29.8 Å². The fourth-order valence-electron chi connectivity index (χ4n) is 4.46. The van der Waals surface area contributed by atoms with Gasteiger partial charge < -0.3 is 14.5 Å². The normalized spacial score (nSPS) is 17.4. The Bertz CT molecular complexity index is 832. The number of carbonyl (C=O) groups is 1. The zero-order valence-corrected chi connectivity index (χ0v) is 18.1. The summed E-state index contributed by atoms with van der Waals surface area (Å²) < 4.78 is 5.59. The average Bonchev–Trinajstić information content (AvgIpc) is 3.01. The van der Waals surface area contributed by atoms with Crippen LogP contribution in [0.2, 0.25) is 0 Å². The van der Waals surface area contributed by atoms with Crippen molar-refractivity contribution in [1.29, 1.82) is 0 Å². The van der Waals surface area contributed by atoms with Gasteiger partial charge in [-0.25, -0.2) is 4.79 Å². The smallest absolute Gasteiger partial charge is 0.410 e. The van der Waals surface area contributed by atoms with Crippen LogP contribution in [0.5, 0.6) is 0 Å². The predicted molar refractivity (Wildman–Crippen MR) is 121 cm³/mol. The maximum atomic E-state index is 12.7. The molecular weight excluding hydrogens is 374 g/mol. The number of carbonyl (C=O) groups excluding carboxylic acids is 1. The van der Waals surface area contributed by atoms with Crippen molar-refractivity contribution in [2.45, 2.75) is 39.3 Å². The summed E-state index contributed by atoms with van der Waals surface area (Å²) in [5.41, 5.74) is 4.93. The average molecular weight is 408 g/mol. The molecule has 160 valence electrons. The Balaban J connectivity index is 1.39. The summed E-state index contributed by atoms with van der Waals surface area (Å²) in [4.78, 5) is 19.6. The van der Waals surface area contributed by atoms with Crippen molar-refractivity contribution in [3.05, 3.63) is 65.2 Å². The van der Waals surface area contributed by atoms with Crippen LogP contribution in [0.15, 0.2) is 48.5 Å². The number of piperazine rings is 1. The quantitative estimate of drug-likeness (QED) is 0.740. The number of nitrogens with zero attached hydrogens (tertiary/aromatic N) is 3. The van der Waals surface area contributed by atoms with Crippen molar-refractivity contribution >= 4 is 11.8 Å². The molecule has 1 amide bonds. The Hall–Kier alpha value is -2.53. The summed E-state index contributed by atoms with van der Waals surface area (Å²) >= 11 is 0. The summed E-state index contributed by atoms with van der Waals surface area (Å²) in [5, 5.41) is 0. The summed E-state index contributed by atoms with van der Waals surface area (Å²) in [6.45, 7) is 9.54. The molecule has 0 unspecified atom stereocenters. The van der Waals surface area contributed by atoms with Crippen LogP contribution in [-0.4, -0.2) is 55.2 Å². The second-order valence-corrected chi connectivity index (χ2v) is 8.35. The zero-order chi connectivity index (χ0) is 20.8. The second kappa shape index (κ2) is 9.98. The number of benzene rings is 2. The van der Waals surface area contributed by atoms with E-state index >= 15 is 0 Å². The highest BCUT2D eigenvalue weighted by Gasteiger charge is 2.22. The molecule has 2 heterocycles. The molecule has 0 aromatic heterocycles. The van der Waals surface area contributed by atoms with Gasteiger partial charge in [0.25, 0.3) is 0 Å². The Morgan fingerprint density at radius 1 is 0.967 bits per heavy atom. The van der Waals surface area contributed by atoms with Crippen molar-refractivity contribution in [2.75, 3.05) is 44.2 Å². The van der Waals surface area contributed by atoms with E-state index in [0.29, 0.717) is 13.2 Å². The molecule has 1 saturated heterocycles. The Morgan fingerprint density at radius 2 is 1.77 bits per heavy atom. The molecule has 0 N–H and O–H groups in total. The van der Waals surface area contributed by atoms with Crippen LogP contribution >= 0.6 is 0 Å². The summed E-state index contributed by atoms with van der Waals surface area (Å²) in [6, 6.07) is 16.7. The maximum absolute atomic E-state index is 12.7. The lowest BCUT2D eigenvalue weighted by Crippen LogP contribution is -2.46. The SMILES string of the molecule is CCCN1CCN(c2ccc3c(c2)CN(C(=O)OCc2ccccc2)CCC3)CC1. The third kappa shape index (κ3) is 5.14. The first-order valence-corrected chi connectivity index (χ1v) is 11.3. The molecule has 30 heavy (non-hydrogen) atoms. The molecule has 2 aromatic carbocycles. The summed E-state index contributed by atoms with van der Waals surface area (Å²) in [5.74, 6) is 0. The summed E-state index contributed by atoms with van der Waals surface area (Å²) in [7, 11) is 0. The van der Waals surface area contributed by atoms with Gasteiger partial charge >= 0.3 is 6.09 Å². The molecular formula is C25H33N3O2. The zero-order valence-electron chi connectivity index (χ0n) is 18.1. The van der Waals surface area contributed by atoms with E-state index in [1.54, 1.807) is 0 Å². The lowest BCUT2D eigenvalue weighted by molar-refractivity contribution is 0.0942. The van der Waals surface area contributed by atoms with Crippen LogP contribution in [0, 0.1) is 0 Å². The van der Waals surface area contributed by atoms with Gasteiger partial charge in [0.1, 0.15) is 6.61 Å². The lowest BCUT2D eigenvalue weighted by Gasteiger charge is -2.36. The van der Waals surface area contributed by atoms with Crippen molar-refractivity contribution in [1.82, 2.24) is 9.80 Å². The van der Waals surface area contributed by atoms with Crippen LogP contribution in [-0.2, 0) is 24.3 Å². The van der Waals surface area contributed by atoms with E-state index in [0.717, 1.165) is 51.1 Å². The van der Waals surface area contributed by atoms with E-state index < -0.39 is 0 Å². The van der Waals surface area contributed by atoms with Gasteiger partial charge in [-0.15, -0.1) is 0 Å². The Kier molecular flexibility index (Phi) is 6.90. The summed E-state index contributed by atoms with van der Waals surface area (Å²) in [6.07, 6.45) is 2.99. The van der Waals surface area contributed by atoms with E-state index in [1.807, 2.05) is 35.2 Å². The van der Waals surface area contributed by atoms with Gasteiger partial charge in [0.05, 0.1) is 0 Å². The first-order chi connectivity index (χ1) is 14.7. The molecule has 5 nitrogen and oxygen atoms in total. The van der Waals surface area contributed by atoms with Crippen molar-refractivity contribution in [3.8, 4) is 0 Å². The first kappa shape index (κ1) is 20.7. The molecule has 0 bridgehead atoms. The third-order valence-corrected chi connectivity index (χ3v) is 6.17. The standard InChI is InChI=1S/C25H33N3O2/c1-2-12-26-14-16-27(17-15-26)24-11-10-22-9-6-13-28(19-23(22)18-24)25(29)30-20-21-7-4-3-5-8-21/h3-5,7-8,10-11,18H,2,6,9,12-17,19-20H2,1H3. The number of hydrogen-bond donors (Lipinski definition) is 0. The minimum absolute atomic E-state index is 0.217. The second-order valence-electron chi connectivity index (χ2n) is 8.35. The van der Waals surface area contributed by atoms with Crippen molar-refractivity contribution in [2.24, 2.45) is 0 Å². The van der Waals surface area contributed by atoms with Gasteiger partial charge in [0, 0.05) is 45.0 Å². The highest BCUT2D eigenvalue weighted by Crippen LogP contribution is 2.26. The minimum atomic E-state index is -0.217. The molecule has 1 fully saturated rings. The molecule has 2 aromatic rings. The van der Waals surface area contributed by atoms with Crippen LogP contribution in [0.25, 0.3) is 0 Å². The Morgan fingerprint density at radius 3 is 2.53 bits per heavy atom. The third-order valence-electron chi connectivity index (χ3n) is 6.17. The molecule has 5 heteroatoms. The molecule has 0 saturated carbocycles. The van der Waals surface area contributed by atoms with Crippen LogP contribution < -0.4 is 4.90 Å². The molecule has 0 atom stereocenters. The van der Waals surface area contributed by atoms with Crippen molar-refractivity contribution in [3.63, 3.8) is 0 Å². The maximum Gasteiger partial charge on any atom is 0.410 e. The van der Waals surface area contributed by atoms with Crippen LogP contribution in [0.3, 0.4) is 0 Å². The highest BCUT2D eigenvalue weighted by molar-refractivity contribution is 5.68. The minimum Gasteiger partial charge on any atom is -0.445 e. The lowest BCUT2D eigenvalue weighted by atomic mass is 10.0. The Labute approximate surface area is 180 Å². The van der Waals surface area contributed by atoms with Gasteiger partial charge in [-0.1, -0.05) is 43.3 Å². The molecule has 2 aliphatic heterocycles. The molecule has 0 aliphatic carbocycles. The fraction of sp³-hybridized carbons (Fsp3) is 0.480. The number of ether oxygens (including phenoxy) is 1. The number of anilines is 1. The van der Waals surface area contributed by atoms with E-state index in [4.69, 9.17) is 4.74 Å². The predicted octanol–water partition coefficient (Wildman–Crippen LogP) is 4.30. The van der Waals surface area contributed by atoms with Crippen LogP contribution in [0.4, 0.5) is 10.5 Å². The number of amides is 1. The van der Waals surface area contributed by atoms with Gasteiger partial charge in [-0.3, -0.25) is 4.90 Å². The highest BCUT2D eigenvalue weighted by atomic mass is 16.6. The number of aryl methyl sites for hydroxylation is 1. The number of fused-ring (bicyclic) bond motifs is 1. The van der Waals surface area contributed by atoms with Gasteiger partial charge in [-0.2, -0.15) is 0 Å². The van der Waals surface area contributed by atoms with Gasteiger partial charge in [0.2, 0.25) is 0 Å². The number of rotatable bonds is 5. The van der Waals surface area contributed by atoms with E-state index in [-0.39, 0.29) is 6.09 Å². The van der Waals surface area contributed by atoms with Crippen LogP contribution in [0.1, 0.15) is 36.5 Å². The van der Waals surface area contributed by atoms with E-state index in [9.17, 15) is 4.79 Å². The molecule has 4 rings (SSSR count). The van der Waals surface area contributed by atoms with E-state index in [2.05, 4.69) is 34.9 Å². The molecule has 0 radical (unpaired) electrons. The van der Waals surface area contributed by atoms with Crippen molar-refractivity contribution < 1.29 is 9.53 Å².